The summed E-state index contributed by atoms with van der Waals surface area (Å²) >= 11 is 0. The van der Waals surface area contributed by atoms with Crippen LogP contribution in [0.15, 0.2) is 28.8 Å². The lowest BCUT2D eigenvalue weighted by Crippen LogP contribution is -2.32. The van der Waals surface area contributed by atoms with E-state index in [4.69, 9.17) is 4.52 Å². The summed E-state index contributed by atoms with van der Waals surface area (Å²) in [5.41, 5.74) is 2.84. The first-order valence-corrected chi connectivity index (χ1v) is 8.00. The van der Waals surface area contributed by atoms with E-state index >= 15 is 0 Å². The van der Waals surface area contributed by atoms with Crippen molar-refractivity contribution < 1.29 is 9.63 Å². The lowest BCUT2D eigenvalue weighted by atomic mass is 9.86. The largest absolute Gasteiger partial charge is 0.396 e. The summed E-state index contributed by atoms with van der Waals surface area (Å²) in [5, 5.41) is 13.1. The number of aromatic nitrogens is 2. The molecule has 1 aliphatic rings. The van der Waals surface area contributed by atoms with E-state index in [9.17, 15) is 5.11 Å². The Bertz CT molecular complexity index is 611. The van der Waals surface area contributed by atoms with Gasteiger partial charge in [0, 0.05) is 19.2 Å². The summed E-state index contributed by atoms with van der Waals surface area (Å²) in [6.45, 7) is 3.51. The molecule has 5 nitrogen and oxygen atoms in total. The lowest BCUT2D eigenvalue weighted by Gasteiger charge is -2.35. The molecular weight excluding hydrogens is 278 g/mol. The molecule has 0 amide bonds. The van der Waals surface area contributed by atoms with E-state index in [1.165, 1.54) is 17.5 Å². The van der Waals surface area contributed by atoms with Crippen LogP contribution >= 0.6 is 0 Å². The van der Waals surface area contributed by atoms with Gasteiger partial charge in [-0.1, -0.05) is 29.4 Å². The van der Waals surface area contributed by atoms with E-state index in [1.807, 2.05) is 6.92 Å². The van der Waals surface area contributed by atoms with Gasteiger partial charge in [0.05, 0.1) is 6.54 Å². The number of benzene rings is 1. The molecule has 1 aromatic heterocycles. The van der Waals surface area contributed by atoms with E-state index < -0.39 is 0 Å². The minimum Gasteiger partial charge on any atom is -0.396 e. The third-order valence-electron chi connectivity index (χ3n) is 4.29. The molecule has 1 N–H and O–H groups in total. The van der Waals surface area contributed by atoms with Crippen LogP contribution in [-0.2, 0) is 13.0 Å². The molecule has 2 aromatic rings. The van der Waals surface area contributed by atoms with Gasteiger partial charge in [-0.15, -0.1) is 0 Å². The van der Waals surface area contributed by atoms with E-state index in [0.29, 0.717) is 24.3 Å². The molecule has 0 bridgehead atoms. The van der Waals surface area contributed by atoms with Crippen LogP contribution in [0, 0.1) is 6.92 Å². The highest BCUT2D eigenvalue weighted by Crippen LogP contribution is 2.35. The quantitative estimate of drug-likeness (QED) is 0.888. The summed E-state index contributed by atoms with van der Waals surface area (Å²) in [7, 11) is 0. The Morgan fingerprint density at radius 1 is 1.36 bits per heavy atom. The van der Waals surface area contributed by atoms with Crippen LogP contribution < -0.4 is 0 Å². The third kappa shape index (κ3) is 3.36. The van der Waals surface area contributed by atoms with Gasteiger partial charge in [0.1, 0.15) is 0 Å². The number of hydrogen-bond donors (Lipinski definition) is 1. The molecule has 1 heterocycles. The van der Waals surface area contributed by atoms with E-state index in [-0.39, 0.29) is 6.61 Å². The molecule has 0 saturated carbocycles. The summed E-state index contributed by atoms with van der Waals surface area (Å²) in [5.74, 6) is 1.32. The zero-order valence-electron chi connectivity index (χ0n) is 13.0. The van der Waals surface area contributed by atoms with Gasteiger partial charge >= 0.3 is 0 Å². The maximum Gasteiger partial charge on any atom is 0.240 e. The van der Waals surface area contributed by atoms with Crippen molar-refractivity contribution in [2.24, 2.45) is 0 Å². The fraction of sp³-hybridized carbons (Fsp3) is 0.529. The molecule has 0 radical (unpaired) electrons. The second kappa shape index (κ2) is 7.03. The monoisotopic (exact) mass is 301 g/mol. The van der Waals surface area contributed by atoms with Crippen LogP contribution in [0.4, 0.5) is 0 Å². The normalized spacial score (nSPS) is 17.7. The molecule has 5 heteroatoms. The van der Waals surface area contributed by atoms with E-state index in [2.05, 4.69) is 39.3 Å². The number of hydrogen-bond acceptors (Lipinski definition) is 5. The molecule has 0 saturated heterocycles. The summed E-state index contributed by atoms with van der Waals surface area (Å²) in [6.07, 6.45) is 4.24. The lowest BCUT2D eigenvalue weighted by molar-refractivity contribution is 0.135. The number of nitrogens with zero attached hydrogens (tertiary/aromatic N) is 3. The Morgan fingerprint density at radius 2 is 2.23 bits per heavy atom. The van der Waals surface area contributed by atoms with E-state index in [1.54, 1.807) is 0 Å². The third-order valence-corrected chi connectivity index (χ3v) is 4.29. The van der Waals surface area contributed by atoms with Crippen LogP contribution in [0.25, 0.3) is 0 Å². The van der Waals surface area contributed by atoms with Crippen LogP contribution in [0.5, 0.6) is 0 Å². The van der Waals surface area contributed by atoms with Gasteiger partial charge in [0.2, 0.25) is 5.89 Å². The minimum atomic E-state index is 0.202. The molecule has 1 unspecified atom stereocenters. The predicted octanol–water partition coefficient (Wildman–Crippen LogP) is 2.64. The van der Waals surface area contributed by atoms with Gasteiger partial charge in [-0.3, -0.25) is 4.90 Å². The highest BCUT2D eigenvalue weighted by Gasteiger charge is 2.26. The SMILES string of the molecule is Cc1noc(CN(CCCO)C2CCCc3ccccc32)n1. The molecular formula is C17H23N3O2. The van der Waals surface area contributed by atoms with Gasteiger partial charge in [0.25, 0.3) is 0 Å². The Kier molecular flexibility index (Phi) is 4.85. The van der Waals surface area contributed by atoms with Crippen molar-refractivity contribution in [2.75, 3.05) is 13.2 Å². The van der Waals surface area contributed by atoms with Gasteiger partial charge in [-0.05, 0) is 43.7 Å². The number of rotatable bonds is 6. The van der Waals surface area contributed by atoms with Crippen molar-refractivity contribution in [2.45, 2.75) is 45.2 Å². The standard InChI is InChI=1S/C17H23N3O2/c1-13-18-17(22-19-13)12-20(10-5-11-21)16-9-4-7-14-6-2-3-8-15(14)16/h2-3,6,8,16,21H,4-5,7,9-12H2,1H3. The second-order valence-corrected chi connectivity index (χ2v) is 5.89. The predicted molar refractivity (Wildman–Crippen MR) is 83.3 cm³/mol. The smallest absolute Gasteiger partial charge is 0.240 e. The maximum absolute atomic E-state index is 9.20. The van der Waals surface area contributed by atoms with Gasteiger partial charge in [0.15, 0.2) is 5.82 Å². The number of fused-ring (bicyclic) bond motifs is 1. The summed E-state index contributed by atoms with van der Waals surface area (Å²) in [6, 6.07) is 9.04. The van der Waals surface area contributed by atoms with Crippen LogP contribution in [0.3, 0.4) is 0 Å². The Hall–Kier alpha value is -1.72. The summed E-state index contributed by atoms with van der Waals surface area (Å²) in [4.78, 5) is 6.69. The second-order valence-electron chi connectivity index (χ2n) is 5.89. The zero-order valence-corrected chi connectivity index (χ0v) is 13.0. The average Bonchev–Trinajstić information content (AvgIpc) is 2.96. The minimum absolute atomic E-state index is 0.202. The van der Waals surface area contributed by atoms with Crippen molar-refractivity contribution in [3.8, 4) is 0 Å². The van der Waals surface area contributed by atoms with Crippen molar-refractivity contribution in [3.63, 3.8) is 0 Å². The van der Waals surface area contributed by atoms with Crippen molar-refractivity contribution in [1.29, 1.82) is 0 Å². The first-order valence-electron chi connectivity index (χ1n) is 8.00. The number of aliphatic hydroxyl groups is 1. The molecule has 0 fully saturated rings. The summed E-state index contributed by atoms with van der Waals surface area (Å²) < 4.78 is 5.29. The zero-order chi connectivity index (χ0) is 15.4. The van der Waals surface area contributed by atoms with Gasteiger partial charge < -0.3 is 9.63 Å². The highest BCUT2D eigenvalue weighted by atomic mass is 16.5. The van der Waals surface area contributed by atoms with Crippen molar-refractivity contribution in [3.05, 3.63) is 47.1 Å². The number of aliphatic hydroxyl groups excluding tert-OH is 1. The molecule has 3 rings (SSSR count). The average molecular weight is 301 g/mol. The molecule has 1 atom stereocenters. The first-order chi connectivity index (χ1) is 10.8. The maximum atomic E-state index is 9.20. The van der Waals surface area contributed by atoms with E-state index in [0.717, 1.165) is 25.8 Å². The molecule has 1 aliphatic carbocycles. The van der Waals surface area contributed by atoms with Crippen molar-refractivity contribution >= 4 is 0 Å². The fourth-order valence-corrected chi connectivity index (χ4v) is 3.30. The van der Waals surface area contributed by atoms with Crippen LogP contribution in [0.1, 0.15) is 48.1 Å². The molecule has 118 valence electrons. The number of aryl methyl sites for hydroxylation is 2. The fourth-order valence-electron chi connectivity index (χ4n) is 3.30. The van der Waals surface area contributed by atoms with Gasteiger partial charge in [-0.2, -0.15) is 4.98 Å². The highest BCUT2D eigenvalue weighted by molar-refractivity contribution is 5.32. The Morgan fingerprint density at radius 3 is 3.00 bits per heavy atom. The van der Waals surface area contributed by atoms with Gasteiger partial charge in [-0.25, -0.2) is 0 Å². The van der Waals surface area contributed by atoms with Crippen molar-refractivity contribution in [1.82, 2.24) is 15.0 Å². The van der Waals surface area contributed by atoms with Crippen LogP contribution in [-0.4, -0.2) is 33.3 Å². The molecule has 0 spiro atoms. The molecule has 1 aromatic carbocycles. The molecule has 22 heavy (non-hydrogen) atoms. The Balaban J connectivity index is 1.82. The Labute approximate surface area is 131 Å². The van der Waals surface area contributed by atoms with Crippen LogP contribution in [0.2, 0.25) is 0 Å². The molecule has 0 aliphatic heterocycles. The topological polar surface area (TPSA) is 62.4 Å². The first kappa shape index (κ1) is 15.2.